The number of para-hydroxylation sites is 5. The minimum absolute atomic E-state index is 0.00426. The van der Waals surface area contributed by atoms with Crippen LogP contribution in [0, 0.1) is 12.8 Å². The first-order chi connectivity index (χ1) is 37.0. The lowest BCUT2D eigenvalue weighted by molar-refractivity contribution is 0.405. The Labute approximate surface area is 434 Å². The first kappa shape index (κ1) is 43.0. The number of fused-ring (bicyclic) bond motifs is 14. The summed E-state index contributed by atoms with van der Waals surface area (Å²) >= 11 is 0. The molecule has 0 radical (unpaired) electrons. The molecular formula is C70H48N2O3. The predicted octanol–water partition coefficient (Wildman–Crippen LogP) is 19.6. The predicted molar refractivity (Wildman–Crippen MR) is 310 cm³/mol. The number of anilines is 5. The van der Waals surface area contributed by atoms with Crippen molar-refractivity contribution in [1.82, 2.24) is 0 Å². The van der Waals surface area contributed by atoms with E-state index in [0.29, 0.717) is 0 Å². The topological polar surface area (TPSA) is 42.0 Å². The summed E-state index contributed by atoms with van der Waals surface area (Å²) in [5.74, 6) is 1.93. The minimum Gasteiger partial charge on any atom is -0.460 e. The lowest BCUT2D eigenvalue weighted by Gasteiger charge is -2.32. The van der Waals surface area contributed by atoms with Crippen molar-refractivity contribution in [3.8, 4) is 28.0 Å². The summed E-state index contributed by atoms with van der Waals surface area (Å²) in [6.07, 6.45) is 4.73. The van der Waals surface area contributed by atoms with Gasteiger partial charge < -0.3 is 23.4 Å². The van der Waals surface area contributed by atoms with Gasteiger partial charge in [0.15, 0.2) is 5.58 Å². The zero-order valence-electron chi connectivity index (χ0n) is 41.4. The Kier molecular flexibility index (Phi) is 9.76. The molecule has 0 bridgehead atoms. The Morgan fingerprint density at radius 3 is 1.69 bits per heavy atom. The van der Waals surface area contributed by atoms with Crippen molar-refractivity contribution in [2.45, 2.75) is 19.8 Å². The smallest absolute Gasteiger partial charge is 0.159 e. The van der Waals surface area contributed by atoms with Crippen molar-refractivity contribution in [3.05, 3.63) is 265 Å². The molecule has 0 spiro atoms. The molecule has 5 nitrogen and oxygen atoms in total. The average molecular weight is 965 g/mol. The molecule has 2 aromatic heterocycles. The average Bonchev–Trinajstić information content (AvgIpc) is 4.23. The van der Waals surface area contributed by atoms with Crippen LogP contribution >= 0.6 is 0 Å². The van der Waals surface area contributed by atoms with E-state index in [4.69, 9.17) is 13.6 Å². The Morgan fingerprint density at radius 1 is 0.413 bits per heavy atom. The number of nitrogens with zero attached hydrogens (tertiary/aromatic N) is 2. The number of aryl methyl sites for hydroxylation is 1. The van der Waals surface area contributed by atoms with Crippen LogP contribution in [-0.4, -0.2) is 0 Å². The highest BCUT2D eigenvalue weighted by molar-refractivity contribution is 6.16. The fourth-order valence-corrected chi connectivity index (χ4v) is 12.3. The van der Waals surface area contributed by atoms with Crippen molar-refractivity contribution in [2.75, 3.05) is 9.80 Å². The number of rotatable bonds is 8. The number of allylic oxidation sites excluding steroid dienone is 3. The third-order valence-corrected chi connectivity index (χ3v) is 15.6. The van der Waals surface area contributed by atoms with E-state index in [1.54, 1.807) is 0 Å². The highest BCUT2D eigenvalue weighted by Gasteiger charge is 2.40. The van der Waals surface area contributed by atoms with E-state index in [-0.39, 0.29) is 11.8 Å². The van der Waals surface area contributed by atoms with E-state index in [2.05, 4.69) is 248 Å². The van der Waals surface area contributed by atoms with Gasteiger partial charge >= 0.3 is 0 Å². The summed E-state index contributed by atoms with van der Waals surface area (Å²) in [7, 11) is 0. The van der Waals surface area contributed by atoms with Crippen molar-refractivity contribution >= 4 is 93.9 Å². The van der Waals surface area contributed by atoms with E-state index < -0.39 is 0 Å². The highest BCUT2D eigenvalue weighted by atomic mass is 16.5. The maximum absolute atomic E-state index is 7.43. The quantitative estimate of drug-likeness (QED) is 0.142. The van der Waals surface area contributed by atoms with Gasteiger partial charge in [-0.2, -0.15) is 0 Å². The van der Waals surface area contributed by atoms with Crippen LogP contribution in [0.3, 0.4) is 0 Å². The Hall–Kier alpha value is -9.58. The molecule has 0 saturated heterocycles. The third-order valence-electron chi connectivity index (χ3n) is 15.6. The highest BCUT2D eigenvalue weighted by Crippen LogP contribution is 2.57. The van der Waals surface area contributed by atoms with Gasteiger partial charge in [0, 0.05) is 66.8 Å². The number of ether oxygens (including phenoxy) is 1. The van der Waals surface area contributed by atoms with Crippen LogP contribution in [0.25, 0.3) is 87.7 Å². The molecule has 11 aromatic carbocycles. The monoisotopic (exact) mass is 964 g/mol. The minimum atomic E-state index is -0.00426. The molecule has 1 aliphatic heterocycles. The molecule has 0 fully saturated rings. The number of furan rings is 2. The van der Waals surface area contributed by atoms with Gasteiger partial charge in [0.2, 0.25) is 0 Å². The number of benzene rings is 11. The molecule has 1 aliphatic carbocycles. The number of hydrogen-bond donors (Lipinski definition) is 0. The largest absolute Gasteiger partial charge is 0.460 e. The summed E-state index contributed by atoms with van der Waals surface area (Å²) in [4.78, 5) is 4.79. The van der Waals surface area contributed by atoms with E-state index in [1.807, 2.05) is 18.2 Å². The lowest BCUT2D eigenvalue weighted by Crippen LogP contribution is -2.22. The van der Waals surface area contributed by atoms with Gasteiger partial charge in [0.1, 0.15) is 28.3 Å². The van der Waals surface area contributed by atoms with Crippen LogP contribution in [0.5, 0.6) is 5.75 Å². The maximum Gasteiger partial charge on any atom is 0.159 e. The van der Waals surface area contributed by atoms with Crippen molar-refractivity contribution in [1.29, 1.82) is 0 Å². The van der Waals surface area contributed by atoms with Crippen LogP contribution < -0.4 is 14.5 Å². The molecule has 0 saturated carbocycles. The van der Waals surface area contributed by atoms with E-state index in [0.717, 1.165) is 123 Å². The molecule has 15 rings (SSSR count). The van der Waals surface area contributed by atoms with Crippen LogP contribution in [0.1, 0.15) is 24.0 Å². The molecule has 75 heavy (non-hydrogen) atoms. The molecular weight excluding hydrogens is 917 g/mol. The molecule has 5 heteroatoms. The van der Waals surface area contributed by atoms with E-state index >= 15 is 0 Å². The van der Waals surface area contributed by atoms with Gasteiger partial charge in [-0.25, -0.2) is 0 Å². The van der Waals surface area contributed by atoms with Crippen LogP contribution in [-0.2, 0) is 0 Å². The first-order valence-corrected chi connectivity index (χ1v) is 25.8. The third kappa shape index (κ3) is 6.78. The molecule has 2 aliphatic rings. The van der Waals surface area contributed by atoms with Gasteiger partial charge in [0.25, 0.3) is 0 Å². The SMILES string of the molecule is Cc1cccc2c1c1c(c3ccc(N(c4ccc5oc6ccccc6c5c4)c4ccccc4-c4ccccc4)cc32)OC2=CC(N(c3ccccc3-c3ccccc3)c3cccc4c3oc3ccccc34)=CC(C)C21. The first-order valence-electron chi connectivity index (χ1n) is 25.8. The molecule has 2 unspecified atom stereocenters. The normalized spacial score (nSPS) is 15.1. The second-order valence-electron chi connectivity index (χ2n) is 20.0. The molecule has 0 amide bonds. The molecule has 0 N–H and O–H groups in total. The summed E-state index contributed by atoms with van der Waals surface area (Å²) in [5.41, 5.74) is 16.7. The van der Waals surface area contributed by atoms with Gasteiger partial charge in [-0.1, -0.05) is 177 Å². The van der Waals surface area contributed by atoms with Gasteiger partial charge in [0.05, 0.1) is 23.0 Å². The Bertz CT molecular complexity index is 4510. The fourth-order valence-electron chi connectivity index (χ4n) is 12.3. The molecule has 3 heterocycles. The zero-order chi connectivity index (χ0) is 49.7. The summed E-state index contributed by atoms with van der Waals surface area (Å²) < 4.78 is 20.6. The summed E-state index contributed by atoms with van der Waals surface area (Å²) in [5, 5.41) is 9.02. The van der Waals surface area contributed by atoms with Crippen molar-refractivity contribution < 1.29 is 13.6 Å². The zero-order valence-corrected chi connectivity index (χ0v) is 41.4. The molecule has 2 atom stereocenters. The molecule has 13 aromatic rings. The summed E-state index contributed by atoms with van der Waals surface area (Å²) in [6.45, 7) is 4.59. The second-order valence-corrected chi connectivity index (χ2v) is 20.0. The fraction of sp³-hybridized carbons (Fsp3) is 0.0571. The standard InChI is InChI=1S/C70H48N2O3/c1-43-19-17-28-54-57-40-47(71(59-30-13-9-24-50(59)45-20-5-3-6-21-45)48-36-38-64-58(41-48)53-27-12-15-33-62(53)73-64)35-37-56(57)70-68(66(43)54)67-44(2)39-49(42-65(67)75-70)72(60-31-14-10-25-51(60)46-22-7-4-8-23-46)61-32-18-29-55-52-26-11-16-34-63(52)74-69(55)61/h3-42,44,67H,1-2H3. The van der Waals surface area contributed by atoms with Gasteiger partial charge in [-0.3, -0.25) is 0 Å². The van der Waals surface area contributed by atoms with Crippen LogP contribution in [0.2, 0.25) is 0 Å². The van der Waals surface area contributed by atoms with E-state index in [1.165, 1.54) is 21.9 Å². The second kappa shape index (κ2) is 17.0. The molecule has 356 valence electrons. The van der Waals surface area contributed by atoms with Crippen molar-refractivity contribution in [2.24, 2.45) is 5.92 Å². The van der Waals surface area contributed by atoms with Crippen molar-refractivity contribution in [3.63, 3.8) is 0 Å². The summed E-state index contributed by atoms with van der Waals surface area (Å²) in [6, 6.07) is 82.2. The van der Waals surface area contributed by atoms with Crippen LogP contribution in [0.15, 0.2) is 263 Å². The maximum atomic E-state index is 7.43. The van der Waals surface area contributed by atoms with E-state index in [9.17, 15) is 0 Å². The Morgan fingerprint density at radius 2 is 0.960 bits per heavy atom. The van der Waals surface area contributed by atoms with Gasteiger partial charge in [-0.15, -0.1) is 0 Å². The Balaban J connectivity index is 0.918. The lowest BCUT2D eigenvalue weighted by atomic mass is 9.79. The van der Waals surface area contributed by atoms with Gasteiger partial charge in [-0.05, 0) is 112 Å². The van der Waals surface area contributed by atoms with Crippen LogP contribution in [0.4, 0.5) is 28.4 Å². The number of hydrogen-bond acceptors (Lipinski definition) is 5.